The minimum Gasteiger partial charge on any atom is -0.423 e. The summed E-state index contributed by atoms with van der Waals surface area (Å²) in [6, 6.07) is 12.3. The summed E-state index contributed by atoms with van der Waals surface area (Å²) in [6.45, 7) is 1.77. The molecule has 1 heterocycles. The summed E-state index contributed by atoms with van der Waals surface area (Å²) < 4.78 is 18.9. The Labute approximate surface area is 147 Å². The molecule has 0 saturated carbocycles. The van der Waals surface area contributed by atoms with E-state index in [4.69, 9.17) is 4.74 Å². The lowest BCUT2D eigenvalue weighted by Crippen LogP contribution is -2.12. The first-order valence-electron chi connectivity index (χ1n) is 7.45. The van der Waals surface area contributed by atoms with Gasteiger partial charge in [0.2, 0.25) is 0 Å². The van der Waals surface area contributed by atoms with Crippen LogP contribution in [0.1, 0.15) is 26.3 Å². The van der Waals surface area contributed by atoms with Gasteiger partial charge in [-0.3, -0.25) is 4.79 Å². The molecule has 126 valence electrons. The van der Waals surface area contributed by atoms with E-state index >= 15 is 0 Å². The highest BCUT2D eigenvalue weighted by molar-refractivity contribution is 7.08. The first-order chi connectivity index (χ1) is 12.0. The number of thiophene rings is 1. The number of esters is 1. The standard InChI is InChI=1S/C19H14FNO3S/c1-12-2-7-17(20)16(10-12)19(23)24-15-5-3-14(4-6-15)21-18(22)13-8-9-25-11-13/h2-11H,1H3,(H,21,22). The molecule has 0 radical (unpaired) electrons. The molecule has 0 spiro atoms. The highest BCUT2D eigenvalue weighted by Gasteiger charge is 2.14. The number of nitrogens with one attached hydrogen (secondary N) is 1. The third-order valence-corrected chi connectivity index (χ3v) is 4.13. The highest BCUT2D eigenvalue weighted by atomic mass is 32.1. The molecular formula is C19H14FNO3S. The van der Waals surface area contributed by atoms with E-state index in [0.29, 0.717) is 11.3 Å². The molecule has 25 heavy (non-hydrogen) atoms. The Balaban J connectivity index is 1.67. The van der Waals surface area contributed by atoms with E-state index in [9.17, 15) is 14.0 Å². The fourth-order valence-electron chi connectivity index (χ4n) is 2.16. The van der Waals surface area contributed by atoms with Gasteiger partial charge in [0.15, 0.2) is 0 Å². The van der Waals surface area contributed by atoms with Gasteiger partial charge in [0.25, 0.3) is 5.91 Å². The molecule has 2 aromatic carbocycles. The lowest BCUT2D eigenvalue weighted by atomic mass is 10.1. The minimum atomic E-state index is -0.767. The molecule has 0 aliphatic carbocycles. The van der Waals surface area contributed by atoms with Crippen molar-refractivity contribution in [2.24, 2.45) is 0 Å². The van der Waals surface area contributed by atoms with Crippen molar-refractivity contribution in [2.45, 2.75) is 6.92 Å². The number of halogens is 1. The van der Waals surface area contributed by atoms with Gasteiger partial charge in [-0.05, 0) is 54.8 Å². The first-order valence-corrected chi connectivity index (χ1v) is 8.39. The van der Waals surface area contributed by atoms with Crippen LogP contribution in [0.15, 0.2) is 59.3 Å². The molecule has 1 N–H and O–H groups in total. The quantitative estimate of drug-likeness (QED) is 0.547. The molecule has 3 aromatic rings. The van der Waals surface area contributed by atoms with E-state index in [0.717, 1.165) is 5.56 Å². The van der Waals surface area contributed by atoms with Gasteiger partial charge in [0.05, 0.1) is 11.1 Å². The van der Waals surface area contributed by atoms with Crippen molar-refractivity contribution in [1.29, 1.82) is 0 Å². The predicted molar refractivity (Wildman–Crippen MR) is 94.8 cm³/mol. The monoisotopic (exact) mass is 355 g/mol. The lowest BCUT2D eigenvalue weighted by molar-refractivity contribution is 0.0729. The van der Waals surface area contributed by atoms with Crippen LogP contribution in [-0.2, 0) is 0 Å². The topological polar surface area (TPSA) is 55.4 Å². The Morgan fingerprint density at radius 1 is 1.08 bits per heavy atom. The summed E-state index contributed by atoms with van der Waals surface area (Å²) >= 11 is 1.44. The maximum Gasteiger partial charge on any atom is 0.346 e. The van der Waals surface area contributed by atoms with Crippen LogP contribution < -0.4 is 10.1 Å². The number of hydrogen-bond donors (Lipinski definition) is 1. The third-order valence-electron chi connectivity index (χ3n) is 3.45. The molecular weight excluding hydrogens is 341 g/mol. The summed E-state index contributed by atoms with van der Waals surface area (Å²) in [7, 11) is 0. The van der Waals surface area contributed by atoms with Crippen molar-refractivity contribution in [3.63, 3.8) is 0 Å². The van der Waals surface area contributed by atoms with Crippen molar-refractivity contribution in [3.8, 4) is 5.75 Å². The van der Waals surface area contributed by atoms with Gasteiger partial charge < -0.3 is 10.1 Å². The molecule has 6 heteroatoms. The second-order valence-electron chi connectivity index (χ2n) is 5.36. The van der Waals surface area contributed by atoms with Crippen molar-refractivity contribution in [2.75, 3.05) is 5.32 Å². The summed E-state index contributed by atoms with van der Waals surface area (Å²) in [5.41, 5.74) is 1.79. The second kappa shape index (κ2) is 7.27. The average molecular weight is 355 g/mol. The van der Waals surface area contributed by atoms with Gasteiger partial charge in [-0.1, -0.05) is 11.6 Å². The zero-order chi connectivity index (χ0) is 17.8. The Morgan fingerprint density at radius 3 is 2.52 bits per heavy atom. The number of carbonyl (C=O) groups is 2. The predicted octanol–water partition coefficient (Wildman–Crippen LogP) is 4.67. The Bertz CT molecular complexity index is 905. The molecule has 3 rings (SSSR count). The maximum atomic E-state index is 13.7. The largest absolute Gasteiger partial charge is 0.423 e. The zero-order valence-corrected chi connectivity index (χ0v) is 14.1. The molecule has 0 saturated heterocycles. The fourth-order valence-corrected chi connectivity index (χ4v) is 2.80. The zero-order valence-electron chi connectivity index (χ0n) is 13.3. The van der Waals surface area contributed by atoms with E-state index in [2.05, 4.69) is 5.32 Å². The van der Waals surface area contributed by atoms with E-state index in [-0.39, 0.29) is 17.2 Å². The van der Waals surface area contributed by atoms with Crippen LogP contribution in [0.2, 0.25) is 0 Å². The molecule has 1 amide bonds. The second-order valence-corrected chi connectivity index (χ2v) is 6.14. The van der Waals surface area contributed by atoms with Crippen LogP contribution in [0.3, 0.4) is 0 Å². The van der Waals surface area contributed by atoms with Crippen LogP contribution in [0.4, 0.5) is 10.1 Å². The molecule has 1 aromatic heterocycles. The number of rotatable bonds is 4. The summed E-state index contributed by atoms with van der Waals surface area (Å²) in [5.74, 6) is -1.35. The van der Waals surface area contributed by atoms with Crippen molar-refractivity contribution in [1.82, 2.24) is 0 Å². The number of benzene rings is 2. The van der Waals surface area contributed by atoms with Gasteiger partial charge in [-0.2, -0.15) is 11.3 Å². The SMILES string of the molecule is Cc1ccc(F)c(C(=O)Oc2ccc(NC(=O)c3ccsc3)cc2)c1. The smallest absolute Gasteiger partial charge is 0.346 e. The Kier molecular flexibility index (Phi) is 4.90. The third kappa shape index (κ3) is 4.10. The van der Waals surface area contributed by atoms with Crippen LogP contribution >= 0.6 is 11.3 Å². The molecule has 0 bridgehead atoms. The summed E-state index contributed by atoms with van der Waals surface area (Å²) in [6.07, 6.45) is 0. The summed E-state index contributed by atoms with van der Waals surface area (Å²) in [5, 5.41) is 6.31. The molecule has 0 aliphatic heterocycles. The number of hydrogen-bond acceptors (Lipinski definition) is 4. The number of aryl methyl sites for hydroxylation is 1. The average Bonchev–Trinajstić information content (AvgIpc) is 3.13. The Hall–Kier alpha value is -2.99. The van der Waals surface area contributed by atoms with Crippen LogP contribution in [0.25, 0.3) is 0 Å². The number of amides is 1. The molecule has 0 aliphatic rings. The van der Waals surface area contributed by atoms with Crippen molar-refractivity contribution < 1.29 is 18.7 Å². The molecule has 0 fully saturated rings. The number of anilines is 1. The van der Waals surface area contributed by atoms with Crippen LogP contribution in [0, 0.1) is 12.7 Å². The number of ether oxygens (including phenoxy) is 1. The molecule has 4 nitrogen and oxygen atoms in total. The van der Waals surface area contributed by atoms with Gasteiger partial charge in [0.1, 0.15) is 11.6 Å². The normalized spacial score (nSPS) is 10.3. The van der Waals surface area contributed by atoms with Crippen molar-refractivity contribution >= 4 is 28.9 Å². The number of carbonyl (C=O) groups excluding carboxylic acids is 2. The van der Waals surface area contributed by atoms with E-state index in [1.165, 1.54) is 35.6 Å². The van der Waals surface area contributed by atoms with E-state index in [1.807, 2.05) is 5.38 Å². The maximum absolute atomic E-state index is 13.7. The first kappa shape index (κ1) is 16.9. The summed E-state index contributed by atoms with van der Waals surface area (Å²) in [4.78, 5) is 24.0. The van der Waals surface area contributed by atoms with Gasteiger partial charge in [-0.25, -0.2) is 9.18 Å². The van der Waals surface area contributed by atoms with Crippen LogP contribution in [0.5, 0.6) is 5.75 Å². The van der Waals surface area contributed by atoms with Gasteiger partial charge in [0, 0.05) is 11.1 Å². The van der Waals surface area contributed by atoms with Crippen molar-refractivity contribution in [3.05, 3.63) is 81.8 Å². The van der Waals surface area contributed by atoms with E-state index in [1.54, 1.807) is 36.6 Å². The minimum absolute atomic E-state index is 0.116. The highest BCUT2D eigenvalue weighted by Crippen LogP contribution is 2.19. The van der Waals surface area contributed by atoms with Gasteiger partial charge in [-0.15, -0.1) is 0 Å². The van der Waals surface area contributed by atoms with Crippen LogP contribution in [-0.4, -0.2) is 11.9 Å². The van der Waals surface area contributed by atoms with Gasteiger partial charge >= 0.3 is 5.97 Å². The lowest BCUT2D eigenvalue weighted by Gasteiger charge is -2.08. The molecule has 0 unspecified atom stereocenters. The fraction of sp³-hybridized carbons (Fsp3) is 0.0526. The Morgan fingerprint density at radius 2 is 1.84 bits per heavy atom. The molecule has 0 atom stereocenters. The van der Waals surface area contributed by atoms with E-state index < -0.39 is 11.8 Å².